The van der Waals surface area contributed by atoms with Crippen LogP contribution in [0.2, 0.25) is 0 Å². The molecule has 2 rings (SSSR count). The first kappa shape index (κ1) is 13.2. The lowest BCUT2D eigenvalue weighted by Gasteiger charge is -2.13. The topological polar surface area (TPSA) is 47.0 Å². The van der Waals surface area contributed by atoms with Gasteiger partial charge in [0.1, 0.15) is 23.7 Å². The smallest absolute Gasteiger partial charge is 0.187 e. The number of nitrogens with one attached hydrogen (secondary N) is 1. The molecule has 1 heterocycles. The van der Waals surface area contributed by atoms with Gasteiger partial charge in [-0.2, -0.15) is 0 Å². The minimum Gasteiger partial charge on any atom is -0.491 e. The maximum absolute atomic E-state index is 13.8. The predicted octanol–water partition coefficient (Wildman–Crippen LogP) is 2.86. The number of hydrogen-bond acceptors (Lipinski definition) is 4. The molecule has 0 saturated carbocycles. The molecule has 1 aromatic carbocycles. The van der Waals surface area contributed by atoms with E-state index in [2.05, 4.69) is 15.3 Å². The number of ether oxygens (including phenoxy) is 1. The average molecular weight is 265 g/mol. The van der Waals surface area contributed by atoms with Gasteiger partial charge in [-0.15, -0.1) is 0 Å². The van der Waals surface area contributed by atoms with Crippen molar-refractivity contribution < 1.29 is 13.5 Å². The molecule has 0 unspecified atom stereocenters. The Morgan fingerprint density at radius 3 is 2.47 bits per heavy atom. The van der Waals surface area contributed by atoms with E-state index in [4.69, 9.17) is 4.74 Å². The van der Waals surface area contributed by atoms with Crippen LogP contribution in [0.15, 0.2) is 24.5 Å². The van der Waals surface area contributed by atoms with Gasteiger partial charge in [0.05, 0.1) is 12.7 Å². The molecule has 0 atom stereocenters. The molecule has 6 heteroatoms. The number of methoxy groups -OCH3 is 1. The Hall–Kier alpha value is -2.24. The van der Waals surface area contributed by atoms with Gasteiger partial charge in [-0.3, -0.25) is 0 Å². The SMILES string of the molecule is CCNc1ncnc(-c2c(F)cccc2F)c1OC. The van der Waals surface area contributed by atoms with Crippen molar-refractivity contribution in [1.82, 2.24) is 9.97 Å². The molecule has 1 N–H and O–H groups in total. The van der Waals surface area contributed by atoms with Crippen LogP contribution in [0, 0.1) is 11.6 Å². The van der Waals surface area contributed by atoms with E-state index in [-0.39, 0.29) is 17.0 Å². The molecular weight excluding hydrogens is 252 g/mol. The summed E-state index contributed by atoms with van der Waals surface area (Å²) in [7, 11) is 1.40. The summed E-state index contributed by atoms with van der Waals surface area (Å²) in [5.41, 5.74) is -0.134. The van der Waals surface area contributed by atoms with Crippen molar-refractivity contribution in [1.29, 1.82) is 0 Å². The van der Waals surface area contributed by atoms with Crippen molar-refractivity contribution >= 4 is 5.82 Å². The van der Waals surface area contributed by atoms with Gasteiger partial charge in [0, 0.05) is 6.54 Å². The molecule has 19 heavy (non-hydrogen) atoms. The molecule has 1 aromatic heterocycles. The predicted molar refractivity (Wildman–Crippen MR) is 68.1 cm³/mol. The van der Waals surface area contributed by atoms with E-state index in [1.54, 1.807) is 0 Å². The van der Waals surface area contributed by atoms with Crippen molar-refractivity contribution in [3.05, 3.63) is 36.2 Å². The third-order valence-corrected chi connectivity index (χ3v) is 2.55. The molecule has 4 nitrogen and oxygen atoms in total. The van der Waals surface area contributed by atoms with Crippen LogP contribution in [0.3, 0.4) is 0 Å². The fourth-order valence-electron chi connectivity index (χ4n) is 1.76. The van der Waals surface area contributed by atoms with E-state index in [9.17, 15) is 8.78 Å². The standard InChI is InChI=1S/C13H13F2N3O/c1-3-16-13-12(19-2)11(17-7-18-13)10-8(14)5-4-6-9(10)15/h4-7H,3H2,1-2H3,(H,16,17,18). The quantitative estimate of drug-likeness (QED) is 0.923. The van der Waals surface area contributed by atoms with E-state index in [1.165, 1.54) is 31.6 Å². The lowest BCUT2D eigenvalue weighted by Crippen LogP contribution is -2.05. The van der Waals surface area contributed by atoms with Crippen LogP contribution in [0.1, 0.15) is 6.92 Å². The number of rotatable bonds is 4. The van der Waals surface area contributed by atoms with Crippen LogP contribution in [0.4, 0.5) is 14.6 Å². The summed E-state index contributed by atoms with van der Waals surface area (Å²) in [6.07, 6.45) is 1.24. The molecule has 0 saturated heterocycles. The summed E-state index contributed by atoms with van der Waals surface area (Å²) >= 11 is 0. The number of aromatic nitrogens is 2. The molecule has 2 aromatic rings. The normalized spacial score (nSPS) is 10.3. The average Bonchev–Trinajstić information content (AvgIpc) is 2.39. The van der Waals surface area contributed by atoms with Crippen LogP contribution < -0.4 is 10.1 Å². The Morgan fingerprint density at radius 1 is 1.21 bits per heavy atom. The molecule has 0 fully saturated rings. The molecule has 0 bridgehead atoms. The van der Waals surface area contributed by atoms with Gasteiger partial charge in [-0.25, -0.2) is 18.7 Å². The Labute approximate surface area is 109 Å². The summed E-state index contributed by atoms with van der Waals surface area (Å²) in [6.45, 7) is 2.48. The van der Waals surface area contributed by atoms with E-state index in [0.717, 1.165) is 0 Å². The Balaban J connectivity index is 2.65. The highest BCUT2D eigenvalue weighted by atomic mass is 19.1. The minimum atomic E-state index is -0.695. The fourth-order valence-corrected chi connectivity index (χ4v) is 1.76. The highest BCUT2D eigenvalue weighted by Crippen LogP contribution is 2.35. The number of nitrogens with zero attached hydrogens (tertiary/aromatic N) is 2. The monoisotopic (exact) mass is 265 g/mol. The van der Waals surface area contributed by atoms with Crippen molar-refractivity contribution in [2.75, 3.05) is 19.0 Å². The van der Waals surface area contributed by atoms with Crippen LogP contribution in [-0.2, 0) is 0 Å². The summed E-state index contributed by atoms with van der Waals surface area (Å²) in [6, 6.07) is 3.65. The zero-order chi connectivity index (χ0) is 13.8. The zero-order valence-electron chi connectivity index (χ0n) is 10.6. The molecule has 100 valence electrons. The van der Waals surface area contributed by atoms with Gasteiger partial charge < -0.3 is 10.1 Å². The van der Waals surface area contributed by atoms with E-state index in [1.807, 2.05) is 6.92 Å². The number of hydrogen-bond donors (Lipinski definition) is 1. The second kappa shape index (κ2) is 5.60. The first-order valence-electron chi connectivity index (χ1n) is 5.76. The first-order chi connectivity index (χ1) is 9.19. The molecule has 0 aliphatic carbocycles. The van der Waals surface area contributed by atoms with Gasteiger partial charge in [-0.05, 0) is 19.1 Å². The van der Waals surface area contributed by atoms with Crippen LogP contribution >= 0.6 is 0 Å². The summed E-state index contributed by atoms with van der Waals surface area (Å²) in [5, 5.41) is 2.96. The maximum atomic E-state index is 13.8. The van der Waals surface area contributed by atoms with Gasteiger partial charge >= 0.3 is 0 Å². The minimum absolute atomic E-state index is 0.0871. The molecular formula is C13H13F2N3O. The summed E-state index contributed by atoms with van der Waals surface area (Å²) in [4.78, 5) is 7.92. The van der Waals surface area contributed by atoms with Crippen LogP contribution in [-0.4, -0.2) is 23.6 Å². The second-order valence-electron chi connectivity index (χ2n) is 3.73. The lowest BCUT2D eigenvalue weighted by atomic mass is 10.1. The van der Waals surface area contributed by atoms with Gasteiger partial charge in [0.25, 0.3) is 0 Å². The van der Waals surface area contributed by atoms with Crippen molar-refractivity contribution in [3.63, 3.8) is 0 Å². The molecule has 0 spiro atoms. The molecule has 0 amide bonds. The van der Waals surface area contributed by atoms with Gasteiger partial charge in [0.2, 0.25) is 0 Å². The van der Waals surface area contributed by atoms with E-state index in [0.29, 0.717) is 12.4 Å². The maximum Gasteiger partial charge on any atom is 0.187 e. The van der Waals surface area contributed by atoms with Crippen molar-refractivity contribution in [2.45, 2.75) is 6.92 Å². The van der Waals surface area contributed by atoms with Crippen molar-refractivity contribution in [2.24, 2.45) is 0 Å². The third kappa shape index (κ3) is 2.47. The number of anilines is 1. The zero-order valence-corrected chi connectivity index (χ0v) is 10.6. The fraction of sp³-hybridized carbons (Fsp3) is 0.231. The largest absolute Gasteiger partial charge is 0.491 e. The second-order valence-corrected chi connectivity index (χ2v) is 3.73. The highest BCUT2D eigenvalue weighted by molar-refractivity contribution is 5.73. The molecule has 0 aliphatic rings. The summed E-state index contributed by atoms with van der Waals surface area (Å²) < 4.78 is 32.8. The first-order valence-corrected chi connectivity index (χ1v) is 5.76. The van der Waals surface area contributed by atoms with E-state index >= 15 is 0 Å². The highest BCUT2D eigenvalue weighted by Gasteiger charge is 2.19. The van der Waals surface area contributed by atoms with Gasteiger partial charge in [-0.1, -0.05) is 6.07 Å². The number of benzene rings is 1. The van der Waals surface area contributed by atoms with Crippen LogP contribution in [0.25, 0.3) is 11.3 Å². The Bertz CT molecular complexity index is 570. The van der Waals surface area contributed by atoms with E-state index < -0.39 is 11.6 Å². The summed E-state index contributed by atoms with van der Waals surface area (Å²) in [5.74, 6) is -0.773. The third-order valence-electron chi connectivity index (χ3n) is 2.55. The Kier molecular flexibility index (Phi) is 3.89. The Morgan fingerprint density at radius 2 is 1.89 bits per heavy atom. The number of halogens is 2. The van der Waals surface area contributed by atoms with Gasteiger partial charge in [0.15, 0.2) is 11.6 Å². The molecule has 0 radical (unpaired) electrons. The van der Waals surface area contributed by atoms with Crippen LogP contribution in [0.5, 0.6) is 5.75 Å². The molecule has 0 aliphatic heterocycles. The lowest BCUT2D eigenvalue weighted by molar-refractivity contribution is 0.414. The van der Waals surface area contributed by atoms with Crippen molar-refractivity contribution in [3.8, 4) is 17.0 Å².